The van der Waals surface area contributed by atoms with Crippen LogP contribution in [0.15, 0.2) is 16.3 Å². The van der Waals surface area contributed by atoms with Gasteiger partial charge in [-0.25, -0.2) is 8.42 Å². The lowest BCUT2D eigenvalue weighted by molar-refractivity contribution is 0.195. The van der Waals surface area contributed by atoms with Crippen LogP contribution in [0.1, 0.15) is 11.8 Å². The highest BCUT2D eigenvalue weighted by molar-refractivity contribution is 9.09. The molecule has 7 heteroatoms. The minimum Gasteiger partial charge on any atom is -0.383 e. The first-order valence-corrected chi connectivity index (χ1v) is 8.77. The molecule has 0 N–H and O–H groups in total. The highest BCUT2D eigenvalue weighted by Gasteiger charge is 2.24. The molecule has 0 bridgehead atoms. The second kappa shape index (κ2) is 7.00. The summed E-state index contributed by atoms with van der Waals surface area (Å²) in [6, 6.07) is 3.54. The summed E-state index contributed by atoms with van der Waals surface area (Å²) in [5.74, 6) is 0. The second-order valence-corrected chi connectivity index (χ2v) is 8.65. The fraction of sp³-hybridized carbons (Fsp3) is 0.636. The molecular weight excluding hydrogens is 338 g/mol. The van der Waals surface area contributed by atoms with Gasteiger partial charge in [-0.2, -0.15) is 4.31 Å². The number of ether oxygens (including phenoxy) is 1. The van der Waals surface area contributed by atoms with Crippen molar-refractivity contribution in [1.82, 2.24) is 4.31 Å². The molecule has 0 saturated carbocycles. The summed E-state index contributed by atoms with van der Waals surface area (Å²) in [5, 5.41) is 0. The molecule has 0 amide bonds. The van der Waals surface area contributed by atoms with E-state index in [1.165, 1.54) is 15.6 Å². The van der Waals surface area contributed by atoms with Crippen molar-refractivity contribution in [2.24, 2.45) is 0 Å². The molecule has 0 saturated heterocycles. The van der Waals surface area contributed by atoms with E-state index in [9.17, 15) is 8.42 Å². The van der Waals surface area contributed by atoms with E-state index in [-0.39, 0.29) is 4.83 Å². The van der Waals surface area contributed by atoms with Crippen molar-refractivity contribution >= 4 is 37.3 Å². The molecule has 0 spiro atoms. The lowest BCUT2D eigenvalue weighted by Gasteiger charge is -2.19. The van der Waals surface area contributed by atoms with Crippen molar-refractivity contribution in [2.75, 3.05) is 27.3 Å². The molecule has 0 aliphatic heterocycles. The number of hydrogen-bond acceptors (Lipinski definition) is 4. The number of hydrogen-bond donors (Lipinski definition) is 0. The zero-order chi connectivity index (χ0) is 13.8. The van der Waals surface area contributed by atoms with E-state index in [0.717, 1.165) is 11.3 Å². The van der Waals surface area contributed by atoms with Crippen molar-refractivity contribution in [2.45, 2.75) is 22.4 Å². The minimum absolute atomic E-state index is 0.00659. The Bertz CT molecular complexity index is 472. The lowest BCUT2D eigenvalue weighted by Crippen LogP contribution is -2.33. The Morgan fingerprint density at radius 1 is 1.50 bits per heavy atom. The normalized spacial score (nSPS) is 14.1. The highest BCUT2D eigenvalue weighted by Crippen LogP contribution is 2.25. The quantitative estimate of drug-likeness (QED) is 0.705. The molecule has 0 aromatic carbocycles. The number of rotatable bonds is 7. The van der Waals surface area contributed by atoms with Gasteiger partial charge in [0.1, 0.15) is 4.21 Å². The van der Waals surface area contributed by atoms with Crippen LogP contribution < -0.4 is 0 Å². The smallest absolute Gasteiger partial charge is 0.252 e. The van der Waals surface area contributed by atoms with E-state index >= 15 is 0 Å². The molecule has 1 aromatic heterocycles. The molecular formula is C11H18BrNO3S2. The lowest BCUT2D eigenvalue weighted by atomic mass is 10.4. The van der Waals surface area contributed by atoms with Crippen molar-refractivity contribution < 1.29 is 13.2 Å². The second-order valence-electron chi connectivity index (χ2n) is 3.91. The molecule has 104 valence electrons. The molecule has 1 heterocycles. The van der Waals surface area contributed by atoms with Gasteiger partial charge >= 0.3 is 0 Å². The van der Waals surface area contributed by atoms with Gasteiger partial charge in [0.15, 0.2) is 0 Å². The Morgan fingerprint density at radius 2 is 2.17 bits per heavy atom. The maximum atomic E-state index is 12.3. The topological polar surface area (TPSA) is 46.6 Å². The molecule has 4 nitrogen and oxygen atoms in total. The number of nitrogens with zero attached hydrogens (tertiary/aromatic N) is 1. The van der Waals surface area contributed by atoms with Gasteiger partial charge in [-0.1, -0.05) is 22.9 Å². The van der Waals surface area contributed by atoms with Crippen LogP contribution in [0, 0.1) is 0 Å². The van der Waals surface area contributed by atoms with Gasteiger partial charge in [0.2, 0.25) is 0 Å². The third-order valence-corrected chi connectivity index (χ3v) is 6.53. The fourth-order valence-electron chi connectivity index (χ4n) is 1.45. The molecule has 1 aromatic rings. The first-order chi connectivity index (χ1) is 8.41. The van der Waals surface area contributed by atoms with Crippen LogP contribution in [0.3, 0.4) is 0 Å². The summed E-state index contributed by atoms with van der Waals surface area (Å²) >= 11 is 4.73. The van der Waals surface area contributed by atoms with E-state index < -0.39 is 10.0 Å². The summed E-state index contributed by atoms with van der Waals surface area (Å²) < 4.78 is 31.3. The zero-order valence-electron chi connectivity index (χ0n) is 10.7. The molecule has 1 atom stereocenters. The average Bonchev–Trinajstić information content (AvgIpc) is 2.78. The van der Waals surface area contributed by atoms with Gasteiger partial charge < -0.3 is 4.74 Å². The number of thiophene rings is 1. The van der Waals surface area contributed by atoms with E-state index in [1.807, 2.05) is 13.0 Å². The summed E-state index contributed by atoms with van der Waals surface area (Å²) in [5.41, 5.74) is 0. The van der Waals surface area contributed by atoms with Crippen LogP contribution in [0.4, 0.5) is 0 Å². The third-order valence-electron chi connectivity index (χ3n) is 2.45. The minimum atomic E-state index is -3.38. The summed E-state index contributed by atoms with van der Waals surface area (Å²) in [6.45, 7) is 2.87. The molecule has 0 radical (unpaired) electrons. The predicted molar refractivity (Wildman–Crippen MR) is 78.1 cm³/mol. The average molecular weight is 356 g/mol. The van der Waals surface area contributed by atoms with Crippen LogP contribution in [-0.4, -0.2) is 44.9 Å². The molecule has 0 fully saturated rings. The predicted octanol–water partition coefficient (Wildman–Crippen LogP) is 2.34. The van der Waals surface area contributed by atoms with Crippen LogP contribution >= 0.6 is 27.3 Å². The summed E-state index contributed by atoms with van der Waals surface area (Å²) in [7, 11) is -0.195. The van der Waals surface area contributed by atoms with Gasteiger partial charge in [0.25, 0.3) is 10.0 Å². The van der Waals surface area contributed by atoms with Gasteiger partial charge in [-0.15, -0.1) is 11.3 Å². The number of methoxy groups -OCH3 is 1. The van der Waals surface area contributed by atoms with E-state index in [4.69, 9.17) is 4.74 Å². The Balaban J connectivity index is 2.79. The number of halogens is 1. The van der Waals surface area contributed by atoms with E-state index in [0.29, 0.717) is 17.4 Å². The zero-order valence-corrected chi connectivity index (χ0v) is 13.9. The van der Waals surface area contributed by atoms with Crippen molar-refractivity contribution in [3.8, 4) is 0 Å². The maximum Gasteiger partial charge on any atom is 0.252 e. The van der Waals surface area contributed by atoms with Crippen LogP contribution in [0.5, 0.6) is 0 Å². The first kappa shape index (κ1) is 16.1. The Morgan fingerprint density at radius 3 is 2.67 bits per heavy atom. The van der Waals surface area contributed by atoms with Crippen LogP contribution in [0.25, 0.3) is 0 Å². The number of alkyl halides is 1. The molecule has 18 heavy (non-hydrogen) atoms. The summed E-state index contributed by atoms with van der Waals surface area (Å²) in [4.78, 5) is 1.07. The van der Waals surface area contributed by atoms with Crippen LogP contribution in [0.2, 0.25) is 0 Å². The van der Waals surface area contributed by atoms with E-state index in [1.54, 1.807) is 20.2 Å². The van der Waals surface area contributed by atoms with Crippen molar-refractivity contribution in [3.63, 3.8) is 0 Å². The summed E-state index contributed by atoms with van der Waals surface area (Å²) in [6.07, 6.45) is 0.856. The maximum absolute atomic E-state index is 12.3. The highest BCUT2D eigenvalue weighted by atomic mass is 79.9. The van der Waals surface area contributed by atoms with Crippen molar-refractivity contribution in [1.29, 1.82) is 0 Å². The van der Waals surface area contributed by atoms with Gasteiger partial charge in [0, 0.05) is 25.6 Å². The molecule has 1 unspecified atom stereocenters. The Kier molecular flexibility index (Phi) is 6.26. The monoisotopic (exact) mass is 355 g/mol. The largest absolute Gasteiger partial charge is 0.383 e. The molecule has 0 aliphatic carbocycles. The van der Waals surface area contributed by atoms with Crippen LogP contribution in [-0.2, 0) is 21.2 Å². The Hall–Kier alpha value is 0.0500. The van der Waals surface area contributed by atoms with Gasteiger partial charge in [-0.3, -0.25) is 0 Å². The Labute approximate surface area is 121 Å². The standard InChI is InChI=1S/C11H18BrNO3S2/c1-4-10-5-6-11(17-10)18(14,15)13(2)7-9(12)8-16-3/h5-6,9H,4,7-8H2,1-3H3. The first-order valence-electron chi connectivity index (χ1n) is 5.59. The molecule has 0 aliphatic rings. The molecule has 1 rings (SSSR count). The SMILES string of the molecule is CCc1ccc(S(=O)(=O)N(C)CC(Br)COC)s1. The third kappa shape index (κ3) is 4.03. The van der Waals surface area contributed by atoms with Crippen molar-refractivity contribution in [3.05, 3.63) is 17.0 Å². The van der Waals surface area contributed by atoms with Gasteiger partial charge in [-0.05, 0) is 18.6 Å². The van der Waals surface area contributed by atoms with E-state index in [2.05, 4.69) is 15.9 Å². The van der Waals surface area contributed by atoms with Gasteiger partial charge in [0.05, 0.1) is 11.4 Å². The fourth-order valence-corrected chi connectivity index (χ4v) is 5.06. The number of aryl methyl sites for hydroxylation is 1. The number of sulfonamides is 1.